The summed E-state index contributed by atoms with van der Waals surface area (Å²) in [6.45, 7) is 0.693. The zero-order chi connectivity index (χ0) is 10.9. The van der Waals surface area contributed by atoms with Crippen LogP contribution in [0.3, 0.4) is 0 Å². The van der Waals surface area contributed by atoms with Crippen molar-refractivity contribution in [2.45, 2.75) is 12.3 Å². The minimum Gasteiger partial charge on any atom is -0.496 e. The van der Waals surface area contributed by atoms with E-state index in [2.05, 4.69) is 6.07 Å². The van der Waals surface area contributed by atoms with Crippen LogP contribution in [-0.2, 0) is 0 Å². The summed E-state index contributed by atoms with van der Waals surface area (Å²) in [7, 11) is 1.67. The Kier molecular flexibility index (Phi) is 2.67. The molecule has 15 heavy (non-hydrogen) atoms. The van der Waals surface area contributed by atoms with E-state index < -0.39 is 0 Å². The molecule has 1 aliphatic carbocycles. The Morgan fingerprint density at radius 3 is 2.80 bits per heavy atom. The maximum atomic E-state index is 9.33. The Bertz CT molecular complexity index is 347. The van der Waals surface area contributed by atoms with E-state index >= 15 is 0 Å². The van der Waals surface area contributed by atoms with Gasteiger partial charge in [0, 0.05) is 12.0 Å². The van der Waals surface area contributed by atoms with Gasteiger partial charge in [-0.05, 0) is 24.0 Å². The fourth-order valence-corrected chi connectivity index (χ4v) is 2.21. The molecule has 0 aliphatic heterocycles. The van der Waals surface area contributed by atoms with Crippen LogP contribution < -0.4 is 10.5 Å². The summed E-state index contributed by atoms with van der Waals surface area (Å²) in [5, 5.41) is 9.33. The molecule has 2 rings (SSSR count). The van der Waals surface area contributed by atoms with Crippen LogP contribution in [-0.4, -0.2) is 25.4 Å². The van der Waals surface area contributed by atoms with Gasteiger partial charge in [-0.2, -0.15) is 0 Å². The average Bonchev–Trinajstić information content (AvgIpc) is 3.04. The lowest BCUT2D eigenvalue weighted by Crippen LogP contribution is -2.21. The van der Waals surface area contributed by atoms with Gasteiger partial charge in [-0.15, -0.1) is 0 Å². The van der Waals surface area contributed by atoms with E-state index in [1.165, 1.54) is 5.56 Å². The number of methoxy groups -OCH3 is 1. The Morgan fingerprint density at radius 1 is 1.53 bits per heavy atom. The first-order chi connectivity index (χ1) is 7.27. The molecule has 0 amide bonds. The van der Waals surface area contributed by atoms with Gasteiger partial charge >= 0.3 is 0 Å². The zero-order valence-electron chi connectivity index (χ0n) is 8.94. The SMILES string of the molecule is COc1ccccc1C1CC1(CN)CO. The van der Waals surface area contributed by atoms with Crippen molar-refractivity contribution in [2.24, 2.45) is 11.1 Å². The highest BCUT2D eigenvalue weighted by Gasteiger charge is 2.54. The average molecular weight is 207 g/mol. The number of aliphatic hydroxyl groups is 1. The third-order valence-electron chi connectivity index (χ3n) is 3.43. The second kappa shape index (κ2) is 3.83. The predicted octanol–water partition coefficient (Wildman–Crippen LogP) is 1.12. The van der Waals surface area contributed by atoms with Crippen LogP contribution >= 0.6 is 0 Å². The van der Waals surface area contributed by atoms with E-state index in [-0.39, 0.29) is 12.0 Å². The summed E-state index contributed by atoms with van der Waals surface area (Å²) < 4.78 is 5.31. The highest BCUT2D eigenvalue weighted by molar-refractivity contribution is 5.41. The van der Waals surface area contributed by atoms with Crippen LogP contribution in [0.25, 0.3) is 0 Å². The van der Waals surface area contributed by atoms with Crippen molar-refractivity contribution >= 4 is 0 Å². The van der Waals surface area contributed by atoms with Crippen LogP contribution in [0.4, 0.5) is 0 Å². The molecule has 1 aliphatic rings. The van der Waals surface area contributed by atoms with E-state index in [1.807, 2.05) is 18.2 Å². The molecule has 3 N–H and O–H groups in total. The quantitative estimate of drug-likeness (QED) is 0.778. The third-order valence-corrected chi connectivity index (χ3v) is 3.43. The van der Waals surface area contributed by atoms with Crippen molar-refractivity contribution < 1.29 is 9.84 Å². The van der Waals surface area contributed by atoms with Gasteiger partial charge in [-0.1, -0.05) is 18.2 Å². The van der Waals surface area contributed by atoms with E-state index in [0.29, 0.717) is 12.5 Å². The smallest absolute Gasteiger partial charge is 0.122 e. The van der Waals surface area contributed by atoms with Crippen molar-refractivity contribution in [1.29, 1.82) is 0 Å². The van der Waals surface area contributed by atoms with E-state index in [4.69, 9.17) is 10.5 Å². The molecule has 82 valence electrons. The van der Waals surface area contributed by atoms with Crippen LogP contribution in [0, 0.1) is 5.41 Å². The Labute approximate surface area is 89.9 Å². The minimum atomic E-state index is -0.103. The van der Waals surface area contributed by atoms with Crippen LogP contribution in [0.5, 0.6) is 5.75 Å². The largest absolute Gasteiger partial charge is 0.496 e. The third kappa shape index (κ3) is 1.62. The number of hydrogen-bond acceptors (Lipinski definition) is 3. The molecule has 1 aromatic rings. The first kappa shape index (κ1) is 10.5. The van der Waals surface area contributed by atoms with Crippen molar-refractivity contribution in [3.63, 3.8) is 0 Å². The van der Waals surface area contributed by atoms with Crippen LogP contribution in [0.15, 0.2) is 24.3 Å². The molecular weight excluding hydrogens is 190 g/mol. The van der Waals surface area contributed by atoms with Gasteiger partial charge in [0.15, 0.2) is 0 Å². The molecule has 1 saturated carbocycles. The summed E-state index contributed by atoms with van der Waals surface area (Å²) in [6.07, 6.45) is 0.959. The minimum absolute atomic E-state index is 0.103. The number of aliphatic hydroxyl groups excluding tert-OH is 1. The Morgan fingerprint density at radius 2 is 2.27 bits per heavy atom. The fourth-order valence-electron chi connectivity index (χ4n) is 2.21. The molecule has 0 radical (unpaired) electrons. The van der Waals surface area contributed by atoms with Gasteiger partial charge in [0.1, 0.15) is 5.75 Å². The molecule has 0 saturated heterocycles. The Balaban J connectivity index is 2.25. The zero-order valence-corrected chi connectivity index (χ0v) is 8.94. The van der Waals surface area contributed by atoms with Gasteiger partial charge in [0.05, 0.1) is 13.7 Å². The molecule has 3 heteroatoms. The first-order valence-corrected chi connectivity index (χ1v) is 5.21. The summed E-state index contributed by atoms with van der Waals surface area (Å²) in [4.78, 5) is 0. The van der Waals surface area contributed by atoms with Crippen molar-refractivity contribution in [3.05, 3.63) is 29.8 Å². The molecule has 0 heterocycles. The first-order valence-electron chi connectivity index (χ1n) is 5.21. The number of benzene rings is 1. The second-order valence-electron chi connectivity index (χ2n) is 4.22. The summed E-state index contributed by atoms with van der Waals surface area (Å²) in [5.74, 6) is 1.25. The standard InChI is InChI=1S/C12H17NO2/c1-15-11-5-3-2-4-9(11)10-6-12(10,7-13)8-14/h2-5,10,14H,6-8,13H2,1H3. The molecule has 2 atom stereocenters. The molecular formula is C12H17NO2. The molecule has 1 fully saturated rings. The van der Waals surface area contributed by atoms with Crippen molar-refractivity contribution in [1.82, 2.24) is 0 Å². The van der Waals surface area contributed by atoms with Crippen LogP contribution in [0.1, 0.15) is 17.9 Å². The van der Waals surface area contributed by atoms with Crippen LogP contribution in [0.2, 0.25) is 0 Å². The molecule has 3 nitrogen and oxygen atoms in total. The van der Waals surface area contributed by atoms with E-state index in [0.717, 1.165) is 12.2 Å². The van der Waals surface area contributed by atoms with E-state index in [1.54, 1.807) is 7.11 Å². The van der Waals surface area contributed by atoms with Gasteiger partial charge < -0.3 is 15.6 Å². The maximum Gasteiger partial charge on any atom is 0.122 e. The lowest BCUT2D eigenvalue weighted by molar-refractivity contribution is 0.211. The lowest BCUT2D eigenvalue weighted by Gasteiger charge is -2.13. The van der Waals surface area contributed by atoms with Gasteiger partial charge in [-0.3, -0.25) is 0 Å². The highest BCUT2D eigenvalue weighted by atomic mass is 16.5. The van der Waals surface area contributed by atoms with Gasteiger partial charge in [0.25, 0.3) is 0 Å². The molecule has 0 spiro atoms. The molecule has 0 aromatic heterocycles. The number of rotatable bonds is 4. The second-order valence-corrected chi connectivity index (χ2v) is 4.22. The fraction of sp³-hybridized carbons (Fsp3) is 0.500. The van der Waals surface area contributed by atoms with E-state index in [9.17, 15) is 5.11 Å². The normalized spacial score (nSPS) is 28.9. The lowest BCUT2D eigenvalue weighted by atomic mass is 9.99. The monoisotopic (exact) mass is 207 g/mol. The van der Waals surface area contributed by atoms with Crippen molar-refractivity contribution in [3.8, 4) is 5.75 Å². The number of para-hydroxylation sites is 1. The van der Waals surface area contributed by atoms with Crippen molar-refractivity contribution in [2.75, 3.05) is 20.3 Å². The number of nitrogens with two attached hydrogens (primary N) is 1. The summed E-state index contributed by atoms with van der Waals surface area (Å²) in [5.41, 5.74) is 6.76. The molecule has 0 bridgehead atoms. The molecule has 2 unspecified atom stereocenters. The molecule has 1 aromatic carbocycles. The summed E-state index contributed by atoms with van der Waals surface area (Å²) >= 11 is 0. The van der Waals surface area contributed by atoms with Gasteiger partial charge in [0.2, 0.25) is 0 Å². The van der Waals surface area contributed by atoms with Gasteiger partial charge in [-0.25, -0.2) is 0 Å². The number of hydrogen-bond donors (Lipinski definition) is 2. The summed E-state index contributed by atoms with van der Waals surface area (Å²) in [6, 6.07) is 7.95. The topological polar surface area (TPSA) is 55.5 Å². The number of ether oxygens (including phenoxy) is 1. The highest BCUT2D eigenvalue weighted by Crippen LogP contribution is 2.59. The predicted molar refractivity (Wildman–Crippen MR) is 58.9 cm³/mol. The maximum absolute atomic E-state index is 9.33. The Hall–Kier alpha value is -1.06.